The molecule has 2 aliphatic rings. The lowest BCUT2D eigenvalue weighted by Crippen LogP contribution is -2.61. The van der Waals surface area contributed by atoms with Crippen molar-refractivity contribution in [1.82, 2.24) is 25.1 Å². The molecule has 0 unspecified atom stereocenters. The average Bonchev–Trinajstić information content (AvgIpc) is 3.06. The fourth-order valence-corrected chi connectivity index (χ4v) is 4.66. The second-order valence-corrected chi connectivity index (χ2v) is 11.3. The van der Waals surface area contributed by atoms with Crippen LogP contribution >= 0.6 is 0 Å². The van der Waals surface area contributed by atoms with Crippen LogP contribution in [0.4, 0.5) is 4.79 Å². The minimum atomic E-state index is -0.751. The van der Waals surface area contributed by atoms with Gasteiger partial charge in [-0.15, -0.1) is 0 Å². The van der Waals surface area contributed by atoms with E-state index in [-0.39, 0.29) is 29.1 Å². The minimum absolute atomic E-state index is 0.0198. The molecule has 1 saturated carbocycles. The van der Waals surface area contributed by atoms with Crippen LogP contribution in [0.3, 0.4) is 0 Å². The summed E-state index contributed by atoms with van der Waals surface area (Å²) >= 11 is 0. The van der Waals surface area contributed by atoms with Gasteiger partial charge < -0.3 is 15.5 Å². The second-order valence-electron chi connectivity index (χ2n) is 11.3. The zero-order valence-corrected chi connectivity index (χ0v) is 19.3. The number of hydrogen-bond donors (Lipinski definition) is 2. The molecule has 2 heterocycles. The molecule has 3 rings (SSSR count). The Balaban J connectivity index is 1.86. The van der Waals surface area contributed by atoms with Crippen LogP contribution in [-0.2, 0) is 4.79 Å². The first kappa shape index (κ1) is 22.3. The predicted molar refractivity (Wildman–Crippen MR) is 114 cm³/mol. The molecule has 0 aromatic carbocycles. The first-order chi connectivity index (χ1) is 13.6. The number of piperidine rings is 1. The van der Waals surface area contributed by atoms with Crippen LogP contribution in [0.1, 0.15) is 60.2 Å². The van der Waals surface area contributed by atoms with E-state index in [1.54, 1.807) is 17.3 Å². The third-order valence-corrected chi connectivity index (χ3v) is 6.38. The minimum Gasteiger partial charge on any atom is -0.334 e. The average molecular weight is 418 g/mol. The van der Waals surface area contributed by atoms with Gasteiger partial charge in [0, 0.05) is 24.5 Å². The molecule has 3 amide bonds. The zero-order valence-electron chi connectivity index (χ0n) is 19.3. The van der Waals surface area contributed by atoms with Crippen LogP contribution in [-0.4, -0.2) is 56.5 Å². The Kier molecular flexibility index (Phi) is 5.28. The summed E-state index contributed by atoms with van der Waals surface area (Å²) in [5.41, 5.74) is -0.919. The number of likely N-dealkylation sites (tertiary alicyclic amines) is 1. The highest BCUT2D eigenvalue weighted by Crippen LogP contribution is 2.65. The van der Waals surface area contributed by atoms with Crippen molar-refractivity contribution in [3.05, 3.63) is 18.7 Å². The molecule has 4 atom stereocenters. The van der Waals surface area contributed by atoms with E-state index in [4.69, 9.17) is 0 Å². The summed E-state index contributed by atoms with van der Waals surface area (Å²) < 4.78 is 1.45. The molecule has 1 aliphatic heterocycles. The molecule has 8 heteroatoms. The molecule has 8 nitrogen and oxygen atoms in total. The van der Waals surface area contributed by atoms with Gasteiger partial charge in [0.25, 0.3) is 5.91 Å². The lowest BCUT2D eigenvalue weighted by molar-refractivity contribution is -0.137. The van der Waals surface area contributed by atoms with Gasteiger partial charge in [0.05, 0.1) is 0 Å². The molecule has 1 aliphatic carbocycles. The monoisotopic (exact) mass is 417 g/mol. The van der Waals surface area contributed by atoms with Crippen molar-refractivity contribution < 1.29 is 14.4 Å². The van der Waals surface area contributed by atoms with E-state index in [9.17, 15) is 14.4 Å². The Labute approximate surface area is 178 Å². The molecular weight excluding hydrogens is 382 g/mol. The number of amides is 3. The molecule has 1 aromatic rings. The van der Waals surface area contributed by atoms with Gasteiger partial charge in [-0.2, -0.15) is 0 Å². The van der Waals surface area contributed by atoms with Crippen molar-refractivity contribution in [2.75, 3.05) is 6.54 Å². The van der Waals surface area contributed by atoms with Gasteiger partial charge in [-0.3, -0.25) is 14.2 Å². The Hall–Kier alpha value is -2.38. The normalized spacial score (nSPS) is 26.0. The Morgan fingerprint density at radius 3 is 2.27 bits per heavy atom. The van der Waals surface area contributed by atoms with E-state index in [0.29, 0.717) is 6.54 Å². The number of carbonyl (C=O) groups excluding carboxylic acids is 3. The highest BCUT2D eigenvalue weighted by atomic mass is 16.2. The van der Waals surface area contributed by atoms with Gasteiger partial charge in [0.2, 0.25) is 5.91 Å². The number of rotatable bonds is 3. The van der Waals surface area contributed by atoms with Gasteiger partial charge in [-0.25, -0.2) is 9.78 Å². The fourth-order valence-electron chi connectivity index (χ4n) is 4.66. The fraction of sp³-hybridized carbons (Fsp3) is 0.727. The first-order valence-corrected chi connectivity index (χ1v) is 10.6. The van der Waals surface area contributed by atoms with E-state index in [1.807, 2.05) is 41.5 Å². The molecule has 2 fully saturated rings. The number of urea groups is 1. The Morgan fingerprint density at radius 1 is 1.13 bits per heavy atom. The summed E-state index contributed by atoms with van der Waals surface area (Å²) in [5.74, 6) is 0.0297. The van der Waals surface area contributed by atoms with Crippen molar-refractivity contribution in [3.8, 4) is 0 Å². The highest BCUT2D eigenvalue weighted by molar-refractivity contribution is 5.94. The quantitative estimate of drug-likeness (QED) is 0.790. The second kappa shape index (κ2) is 7.10. The topological polar surface area (TPSA) is 96.3 Å². The molecular formula is C22H35N5O3. The Bertz CT molecular complexity index is 832. The van der Waals surface area contributed by atoms with Gasteiger partial charge >= 0.3 is 6.03 Å². The molecule has 30 heavy (non-hydrogen) atoms. The van der Waals surface area contributed by atoms with Crippen molar-refractivity contribution in [3.63, 3.8) is 0 Å². The van der Waals surface area contributed by atoms with Crippen LogP contribution in [0.2, 0.25) is 0 Å². The maximum atomic E-state index is 13.7. The lowest BCUT2D eigenvalue weighted by Gasteiger charge is -2.38. The third kappa shape index (κ3) is 4.09. The summed E-state index contributed by atoms with van der Waals surface area (Å²) in [6, 6.07) is -1.69. The number of hydrogen-bond acceptors (Lipinski definition) is 4. The molecule has 1 saturated heterocycles. The Morgan fingerprint density at radius 2 is 1.77 bits per heavy atom. The molecule has 2 N–H and O–H groups in total. The van der Waals surface area contributed by atoms with Crippen molar-refractivity contribution in [1.29, 1.82) is 0 Å². The summed E-state index contributed by atoms with van der Waals surface area (Å²) in [6.07, 6.45) is 4.65. The molecule has 0 radical (unpaired) electrons. The maximum absolute atomic E-state index is 13.7. The third-order valence-electron chi connectivity index (χ3n) is 6.38. The smallest absolute Gasteiger partial charge is 0.315 e. The van der Waals surface area contributed by atoms with Gasteiger partial charge in [0.1, 0.15) is 18.4 Å². The van der Waals surface area contributed by atoms with E-state index < -0.39 is 29.1 Å². The van der Waals surface area contributed by atoms with Crippen molar-refractivity contribution >= 4 is 17.8 Å². The number of carbonyl (C=O) groups is 3. The van der Waals surface area contributed by atoms with E-state index in [0.717, 1.165) is 0 Å². The predicted octanol–water partition coefficient (Wildman–Crippen LogP) is 2.52. The van der Waals surface area contributed by atoms with Gasteiger partial charge in [-0.1, -0.05) is 34.6 Å². The molecule has 166 valence electrons. The standard InChI is InChI=1S/C22H35N5O3/c1-20(2,3)16(24-19(30)25-21(4,5)6)18(29)27-11-13-14(22(13,7)8)15(27)17(28)26-10-9-23-12-26/h9-10,12-16H,11H2,1-8H3,(H2,24,25,30)/t13-,14-,15-,16+/m0/s1. The van der Waals surface area contributed by atoms with Crippen LogP contribution in [0.15, 0.2) is 18.7 Å². The largest absolute Gasteiger partial charge is 0.334 e. The van der Waals surface area contributed by atoms with Gasteiger partial charge in [-0.05, 0) is 43.4 Å². The van der Waals surface area contributed by atoms with E-state index >= 15 is 0 Å². The number of nitrogens with zero attached hydrogens (tertiary/aromatic N) is 3. The number of nitrogens with one attached hydrogen (secondary N) is 2. The number of aromatic nitrogens is 2. The highest BCUT2D eigenvalue weighted by Gasteiger charge is 2.69. The molecule has 1 aromatic heterocycles. The number of imidazole rings is 1. The summed E-state index contributed by atoms with van der Waals surface area (Å²) in [6.45, 7) is 16.2. The van der Waals surface area contributed by atoms with Crippen LogP contribution in [0, 0.1) is 22.7 Å². The first-order valence-electron chi connectivity index (χ1n) is 10.6. The van der Waals surface area contributed by atoms with Crippen molar-refractivity contribution in [2.45, 2.75) is 73.0 Å². The number of fused-ring (bicyclic) bond motifs is 1. The van der Waals surface area contributed by atoms with E-state index in [1.165, 1.54) is 10.9 Å². The van der Waals surface area contributed by atoms with Crippen molar-refractivity contribution in [2.24, 2.45) is 22.7 Å². The summed E-state index contributed by atoms with van der Waals surface area (Å²) in [7, 11) is 0. The van der Waals surface area contributed by atoms with Crippen LogP contribution in [0.5, 0.6) is 0 Å². The summed E-state index contributed by atoms with van der Waals surface area (Å²) in [4.78, 5) is 45.1. The van der Waals surface area contributed by atoms with Gasteiger partial charge in [0.15, 0.2) is 0 Å². The molecule has 0 bridgehead atoms. The lowest BCUT2D eigenvalue weighted by atomic mass is 9.85. The van der Waals surface area contributed by atoms with Crippen LogP contribution < -0.4 is 10.6 Å². The summed E-state index contributed by atoms with van der Waals surface area (Å²) in [5, 5.41) is 5.72. The van der Waals surface area contributed by atoms with Crippen LogP contribution in [0.25, 0.3) is 0 Å². The maximum Gasteiger partial charge on any atom is 0.315 e. The zero-order chi connectivity index (χ0) is 22.6. The molecule has 0 spiro atoms. The SMILES string of the molecule is CC(C)(C)NC(=O)N[C@H](C(=O)N1C[C@H]2[C@@H]([C@H]1C(=O)n1ccnc1)C2(C)C)C(C)(C)C. The van der Waals surface area contributed by atoms with E-state index in [2.05, 4.69) is 29.5 Å².